The Balaban J connectivity index is 2.08. The van der Waals surface area contributed by atoms with Crippen LogP contribution in [0.4, 0.5) is 4.79 Å². The summed E-state index contributed by atoms with van der Waals surface area (Å²) in [5, 5.41) is 24.5. The third-order valence-electron chi connectivity index (χ3n) is 3.50. The number of pyridine rings is 1. The van der Waals surface area contributed by atoms with Crippen molar-refractivity contribution in [2.45, 2.75) is 25.7 Å². The summed E-state index contributed by atoms with van der Waals surface area (Å²) >= 11 is 0. The second kappa shape index (κ2) is 9.38. The van der Waals surface area contributed by atoms with E-state index in [9.17, 15) is 19.9 Å². The Kier molecular flexibility index (Phi) is 6.92. The van der Waals surface area contributed by atoms with Crippen LogP contribution < -0.4 is 10.0 Å². The van der Waals surface area contributed by atoms with Crippen molar-refractivity contribution in [3.8, 4) is 0 Å². The Morgan fingerprint density at radius 3 is 2.50 bits per heavy atom. The molecule has 1 heterocycles. The fourth-order valence-corrected chi connectivity index (χ4v) is 2.23. The fourth-order valence-electron chi connectivity index (χ4n) is 2.23. The molecule has 0 unspecified atom stereocenters. The number of aliphatic hydroxyl groups is 1. The largest absolute Gasteiger partial charge is 0.618 e. The van der Waals surface area contributed by atoms with Crippen LogP contribution in [0, 0.1) is 5.21 Å². The van der Waals surface area contributed by atoms with Crippen molar-refractivity contribution < 1.29 is 28.9 Å². The molecule has 8 nitrogen and oxygen atoms in total. The van der Waals surface area contributed by atoms with E-state index in [1.807, 2.05) is 6.07 Å². The van der Waals surface area contributed by atoms with Crippen molar-refractivity contribution in [3.05, 3.63) is 71.2 Å². The standard InChI is InChI=1S/C18H20N2O6/c1-2-25-17(22)15(16(21)14-10-6-7-11-20(14)24)19-18(23)26-12-13-8-4-3-5-9-13/h3-11,15-16,21H,2,12H2,1H3,(H,19,23)/t15-,16+/m1/s1. The molecule has 1 aromatic carbocycles. The monoisotopic (exact) mass is 360 g/mol. The molecule has 0 fully saturated rings. The number of hydrogen-bond acceptors (Lipinski definition) is 6. The maximum atomic E-state index is 12.1. The van der Waals surface area contributed by atoms with Crippen molar-refractivity contribution in [1.82, 2.24) is 5.32 Å². The van der Waals surface area contributed by atoms with E-state index in [4.69, 9.17) is 9.47 Å². The first kappa shape index (κ1) is 19.2. The van der Waals surface area contributed by atoms with Crippen LogP contribution in [-0.4, -0.2) is 29.8 Å². The number of benzene rings is 1. The molecule has 8 heteroatoms. The number of ether oxygens (including phenoxy) is 2. The van der Waals surface area contributed by atoms with Crippen LogP contribution >= 0.6 is 0 Å². The van der Waals surface area contributed by atoms with Gasteiger partial charge in [0, 0.05) is 12.1 Å². The van der Waals surface area contributed by atoms with E-state index in [0.29, 0.717) is 4.73 Å². The molecule has 0 radical (unpaired) electrons. The predicted molar refractivity (Wildman–Crippen MR) is 90.5 cm³/mol. The van der Waals surface area contributed by atoms with Crippen LogP contribution in [0.1, 0.15) is 24.3 Å². The normalized spacial score (nSPS) is 12.7. The highest BCUT2D eigenvalue weighted by atomic mass is 16.6. The van der Waals surface area contributed by atoms with Gasteiger partial charge in [-0.05, 0) is 18.6 Å². The van der Waals surface area contributed by atoms with Crippen LogP contribution in [0.3, 0.4) is 0 Å². The molecule has 2 rings (SSSR count). The van der Waals surface area contributed by atoms with Crippen LogP contribution in [0.2, 0.25) is 0 Å². The van der Waals surface area contributed by atoms with Gasteiger partial charge in [-0.25, -0.2) is 9.59 Å². The van der Waals surface area contributed by atoms with Crippen LogP contribution in [0.15, 0.2) is 54.7 Å². The number of aliphatic hydroxyl groups excluding tert-OH is 1. The summed E-state index contributed by atoms with van der Waals surface area (Å²) < 4.78 is 10.3. The Morgan fingerprint density at radius 1 is 1.15 bits per heavy atom. The first-order valence-corrected chi connectivity index (χ1v) is 8.03. The third kappa shape index (κ3) is 5.18. The summed E-state index contributed by atoms with van der Waals surface area (Å²) in [6.07, 6.45) is -1.34. The summed E-state index contributed by atoms with van der Waals surface area (Å²) in [4.78, 5) is 24.1. The molecule has 0 saturated carbocycles. The van der Waals surface area contributed by atoms with Gasteiger partial charge >= 0.3 is 12.1 Å². The highest BCUT2D eigenvalue weighted by Gasteiger charge is 2.35. The molecule has 0 saturated heterocycles. The average molecular weight is 360 g/mol. The fraction of sp³-hybridized carbons (Fsp3) is 0.278. The highest BCUT2D eigenvalue weighted by Crippen LogP contribution is 2.15. The minimum absolute atomic E-state index is 0.00872. The van der Waals surface area contributed by atoms with E-state index in [1.54, 1.807) is 31.2 Å². The van der Waals surface area contributed by atoms with Crippen molar-refractivity contribution in [2.75, 3.05) is 6.61 Å². The Bertz CT molecular complexity index is 737. The van der Waals surface area contributed by atoms with Crippen LogP contribution in [0.5, 0.6) is 0 Å². The van der Waals surface area contributed by atoms with Gasteiger partial charge in [0.25, 0.3) is 0 Å². The quantitative estimate of drug-likeness (QED) is 0.436. The first-order chi connectivity index (χ1) is 12.5. The van der Waals surface area contributed by atoms with E-state index < -0.39 is 24.2 Å². The number of hydrogen-bond donors (Lipinski definition) is 2. The van der Waals surface area contributed by atoms with E-state index in [1.165, 1.54) is 24.4 Å². The van der Waals surface area contributed by atoms with Gasteiger partial charge in [0.2, 0.25) is 5.69 Å². The van der Waals surface area contributed by atoms with Gasteiger partial charge in [-0.15, -0.1) is 0 Å². The lowest BCUT2D eigenvalue weighted by Crippen LogP contribution is -2.49. The molecule has 0 aliphatic carbocycles. The van der Waals surface area contributed by atoms with Crippen molar-refractivity contribution >= 4 is 12.1 Å². The number of rotatable bonds is 7. The SMILES string of the molecule is CCOC(=O)[C@H](NC(=O)OCc1ccccc1)[C@@H](O)c1cccc[n+]1[O-]. The minimum Gasteiger partial charge on any atom is -0.618 e. The molecule has 1 amide bonds. The Morgan fingerprint density at radius 2 is 1.85 bits per heavy atom. The minimum atomic E-state index is -1.60. The van der Waals surface area contributed by atoms with Crippen molar-refractivity contribution in [3.63, 3.8) is 0 Å². The lowest BCUT2D eigenvalue weighted by atomic mass is 10.1. The zero-order valence-electron chi connectivity index (χ0n) is 14.2. The smallest absolute Gasteiger partial charge is 0.408 e. The number of amides is 1. The van der Waals surface area contributed by atoms with Crippen LogP contribution in [0.25, 0.3) is 0 Å². The van der Waals surface area contributed by atoms with E-state index >= 15 is 0 Å². The van der Waals surface area contributed by atoms with Crippen LogP contribution in [-0.2, 0) is 20.9 Å². The molecular formula is C18H20N2O6. The molecule has 1 aromatic heterocycles. The lowest BCUT2D eigenvalue weighted by molar-refractivity contribution is -0.618. The zero-order valence-corrected chi connectivity index (χ0v) is 14.2. The summed E-state index contributed by atoms with van der Waals surface area (Å²) in [5.41, 5.74) is 0.658. The van der Waals surface area contributed by atoms with Gasteiger partial charge in [0.1, 0.15) is 6.61 Å². The van der Waals surface area contributed by atoms with Gasteiger partial charge in [-0.2, -0.15) is 4.73 Å². The number of aromatic nitrogens is 1. The molecule has 2 atom stereocenters. The Labute approximate surface area is 150 Å². The van der Waals surface area contributed by atoms with Gasteiger partial charge < -0.3 is 25.1 Å². The second-order valence-corrected chi connectivity index (χ2v) is 5.33. The molecule has 0 aliphatic heterocycles. The van der Waals surface area contributed by atoms with E-state index in [2.05, 4.69) is 5.32 Å². The maximum absolute atomic E-state index is 12.1. The number of nitrogens with zero attached hydrogens (tertiary/aromatic N) is 1. The molecule has 0 spiro atoms. The average Bonchev–Trinajstić information content (AvgIpc) is 2.65. The molecule has 0 aliphatic rings. The van der Waals surface area contributed by atoms with Gasteiger partial charge in [0.05, 0.1) is 6.61 Å². The predicted octanol–water partition coefficient (Wildman–Crippen LogP) is 1.21. The van der Waals surface area contributed by atoms with Gasteiger partial charge in [-0.1, -0.05) is 30.3 Å². The number of esters is 1. The van der Waals surface area contributed by atoms with Gasteiger partial charge in [0.15, 0.2) is 18.3 Å². The molecular weight excluding hydrogens is 340 g/mol. The number of carbonyl (C=O) groups excluding carboxylic acids is 2. The second-order valence-electron chi connectivity index (χ2n) is 5.33. The highest BCUT2D eigenvalue weighted by molar-refractivity contribution is 5.82. The molecule has 26 heavy (non-hydrogen) atoms. The molecule has 0 bridgehead atoms. The summed E-state index contributed by atoms with van der Waals surface area (Å²) in [5.74, 6) is -0.875. The van der Waals surface area contributed by atoms with Crippen molar-refractivity contribution in [1.29, 1.82) is 0 Å². The summed E-state index contributed by atoms with van der Waals surface area (Å²) in [7, 11) is 0. The number of carbonyl (C=O) groups is 2. The number of nitrogens with one attached hydrogen (secondary N) is 1. The summed E-state index contributed by atoms with van der Waals surface area (Å²) in [6.45, 7) is 1.63. The maximum Gasteiger partial charge on any atom is 0.408 e. The molecule has 2 aromatic rings. The lowest BCUT2D eigenvalue weighted by Gasteiger charge is -2.21. The molecule has 138 valence electrons. The van der Waals surface area contributed by atoms with Crippen molar-refractivity contribution in [2.24, 2.45) is 0 Å². The molecule has 2 N–H and O–H groups in total. The zero-order chi connectivity index (χ0) is 18.9. The third-order valence-corrected chi connectivity index (χ3v) is 3.50. The summed E-state index contributed by atoms with van der Waals surface area (Å²) in [6, 6.07) is 11.8. The van der Waals surface area contributed by atoms with E-state index in [0.717, 1.165) is 5.56 Å². The topological polar surface area (TPSA) is 112 Å². The van der Waals surface area contributed by atoms with Gasteiger partial charge in [-0.3, -0.25) is 0 Å². The van der Waals surface area contributed by atoms with E-state index in [-0.39, 0.29) is 18.9 Å². The number of alkyl carbamates (subject to hydrolysis) is 1. The Hall–Kier alpha value is -3.13. The first-order valence-electron chi connectivity index (χ1n) is 8.03.